The van der Waals surface area contributed by atoms with Crippen LogP contribution in [0.1, 0.15) is 44.0 Å². The van der Waals surface area contributed by atoms with Crippen molar-refractivity contribution in [2.75, 3.05) is 0 Å². The summed E-state index contributed by atoms with van der Waals surface area (Å²) < 4.78 is 8.82. The smallest absolute Gasteiger partial charge is 0.306 e. The molecule has 0 aliphatic heterocycles. The number of hydrogen-bond donors (Lipinski definition) is 1. The van der Waals surface area contributed by atoms with Gasteiger partial charge in [-0.15, -0.1) is 0 Å². The van der Waals surface area contributed by atoms with E-state index in [1.807, 2.05) is 11.7 Å². The van der Waals surface area contributed by atoms with Crippen molar-refractivity contribution in [2.45, 2.75) is 51.7 Å². The number of aryl methyl sites for hydroxylation is 2. The van der Waals surface area contributed by atoms with Gasteiger partial charge >= 0.3 is 5.97 Å². The Hall–Kier alpha value is -0.880. The van der Waals surface area contributed by atoms with Gasteiger partial charge in [0.05, 0.1) is 34.5 Å². The van der Waals surface area contributed by atoms with E-state index >= 15 is 0 Å². The summed E-state index contributed by atoms with van der Waals surface area (Å²) in [5.74, 6) is -0.865. The summed E-state index contributed by atoms with van der Waals surface area (Å²) in [5, 5.41) is 13.4. The van der Waals surface area contributed by atoms with Gasteiger partial charge in [-0.05, 0) is 48.0 Å². The van der Waals surface area contributed by atoms with Crippen LogP contribution in [0.15, 0.2) is 4.47 Å². The molecule has 1 aliphatic rings. The second-order valence-electron chi connectivity index (χ2n) is 5.31. The van der Waals surface area contributed by atoms with Crippen LogP contribution in [-0.4, -0.2) is 27.0 Å². The monoisotopic (exact) mass is 344 g/mol. The standard InChI is InChI=1S/C14H21BrN2O3/c1-3-11-13(15)12(17(2)16-11)8-20-10-6-4-9(5-7-10)14(18)19/h9-10H,3-8H2,1-2H3,(H,18,19). The molecule has 0 bridgehead atoms. The third kappa shape index (κ3) is 3.41. The van der Waals surface area contributed by atoms with Crippen LogP contribution in [0.4, 0.5) is 0 Å². The Morgan fingerprint density at radius 2 is 2.10 bits per heavy atom. The van der Waals surface area contributed by atoms with Gasteiger partial charge in [-0.3, -0.25) is 9.48 Å². The maximum atomic E-state index is 10.9. The van der Waals surface area contributed by atoms with E-state index in [-0.39, 0.29) is 12.0 Å². The van der Waals surface area contributed by atoms with E-state index in [0.717, 1.165) is 35.1 Å². The number of rotatable bonds is 5. The molecule has 0 radical (unpaired) electrons. The zero-order valence-electron chi connectivity index (χ0n) is 11.9. The fourth-order valence-electron chi connectivity index (χ4n) is 2.65. The number of ether oxygens (including phenoxy) is 1. The average Bonchev–Trinajstić information content (AvgIpc) is 2.71. The molecule has 0 amide bonds. The molecule has 0 unspecified atom stereocenters. The lowest BCUT2D eigenvalue weighted by Gasteiger charge is -2.26. The Morgan fingerprint density at radius 3 is 2.60 bits per heavy atom. The van der Waals surface area contributed by atoms with Gasteiger partial charge in [0.1, 0.15) is 0 Å². The first-order valence-corrected chi connectivity index (χ1v) is 7.86. The number of aromatic nitrogens is 2. The zero-order valence-corrected chi connectivity index (χ0v) is 13.5. The van der Waals surface area contributed by atoms with E-state index < -0.39 is 5.97 Å². The van der Waals surface area contributed by atoms with Crippen LogP contribution >= 0.6 is 15.9 Å². The Kier molecular flexibility index (Phi) is 5.21. The topological polar surface area (TPSA) is 64.4 Å². The number of halogens is 1. The predicted octanol–water partition coefficient (Wildman–Crippen LogP) is 2.91. The van der Waals surface area contributed by atoms with Crippen LogP contribution in [0.5, 0.6) is 0 Å². The highest BCUT2D eigenvalue weighted by atomic mass is 79.9. The molecule has 1 aromatic heterocycles. The van der Waals surface area contributed by atoms with E-state index in [0.29, 0.717) is 19.4 Å². The third-order valence-electron chi connectivity index (χ3n) is 3.98. The zero-order chi connectivity index (χ0) is 14.7. The quantitative estimate of drug-likeness (QED) is 0.891. The van der Waals surface area contributed by atoms with Gasteiger partial charge in [0.25, 0.3) is 0 Å². The molecule has 0 saturated heterocycles. The Balaban J connectivity index is 1.88. The van der Waals surface area contributed by atoms with Gasteiger partial charge in [-0.2, -0.15) is 5.10 Å². The average molecular weight is 345 g/mol. The predicted molar refractivity (Wildman–Crippen MR) is 78.5 cm³/mol. The van der Waals surface area contributed by atoms with E-state index in [1.54, 1.807) is 0 Å². The Bertz CT molecular complexity index is 479. The van der Waals surface area contributed by atoms with Gasteiger partial charge in [-0.25, -0.2) is 0 Å². The normalized spacial score (nSPS) is 22.9. The fraction of sp³-hybridized carbons (Fsp3) is 0.714. The summed E-state index contributed by atoms with van der Waals surface area (Å²) in [6.07, 6.45) is 4.13. The summed E-state index contributed by atoms with van der Waals surface area (Å²) in [6.45, 7) is 2.59. The summed E-state index contributed by atoms with van der Waals surface area (Å²) in [4.78, 5) is 10.9. The number of hydrogen-bond acceptors (Lipinski definition) is 3. The summed E-state index contributed by atoms with van der Waals surface area (Å²) in [7, 11) is 1.92. The maximum absolute atomic E-state index is 10.9. The highest BCUT2D eigenvalue weighted by molar-refractivity contribution is 9.10. The molecule has 0 aromatic carbocycles. The number of nitrogens with zero attached hydrogens (tertiary/aromatic N) is 2. The minimum atomic E-state index is -0.676. The van der Waals surface area contributed by atoms with Crippen molar-refractivity contribution < 1.29 is 14.6 Å². The van der Waals surface area contributed by atoms with E-state index in [1.165, 1.54) is 0 Å². The lowest BCUT2D eigenvalue weighted by atomic mass is 9.87. The van der Waals surface area contributed by atoms with Crippen molar-refractivity contribution in [3.05, 3.63) is 15.9 Å². The third-order valence-corrected chi connectivity index (χ3v) is 4.90. The fourth-order valence-corrected chi connectivity index (χ4v) is 3.38. The Morgan fingerprint density at radius 1 is 1.45 bits per heavy atom. The minimum Gasteiger partial charge on any atom is -0.481 e. The van der Waals surface area contributed by atoms with Crippen molar-refractivity contribution in [1.82, 2.24) is 9.78 Å². The van der Waals surface area contributed by atoms with Crippen LogP contribution in [0, 0.1) is 5.92 Å². The second-order valence-corrected chi connectivity index (χ2v) is 6.10. The molecular weight excluding hydrogens is 324 g/mol. The van der Waals surface area contributed by atoms with Gasteiger partial charge in [0, 0.05) is 7.05 Å². The van der Waals surface area contributed by atoms with E-state index in [9.17, 15) is 4.79 Å². The molecular formula is C14H21BrN2O3. The largest absolute Gasteiger partial charge is 0.481 e. The van der Waals surface area contributed by atoms with Crippen molar-refractivity contribution >= 4 is 21.9 Å². The van der Waals surface area contributed by atoms with Crippen LogP contribution < -0.4 is 0 Å². The Labute approximate surface area is 127 Å². The van der Waals surface area contributed by atoms with Crippen molar-refractivity contribution in [1.29, 1.82) is 0 Å². The van der Waals surface area contributed by atoms with Crippen molar-refractivity contribution in [3.63, 3.8) is 0 Å². The number of carboxylic acids is 1. The maximum Gasteiger partial charge on any atom is 0.306 e. The van der Waals surface area contributed by atoms with Crippen LogP contribution in [0.25, 0.3) is 0 Å². The molecule has 0 atom stereocenters. The highest BCUT2D eigenvalue weighted by Gasteiger charge is 2.26. The van der Waals surface area contributed by atoms with Crippen LogP contribution in [0.3, 0.4) is 0 Å². The first kappa shape index (κ1) is 15.5. The molecule has 1 N–H and O–H groups in total. The summed E-state index contributed by atoms with van der Waals surface area (Å²) in [6, 6.07) is 0. The SMILES string of the molecule is CCc1nn(C)c(COC2CCC(C(=O)O)CC2)c1Br. The number of carbonyl (C=O) groups is 1. The summed E-state index contributed by atoms with van der Waals surface area (Å²) >= 11 is 3.57. The van der Waals surface area contributed by atoms with Crippen LogP contribution in [0.2, 0.25) is 0 Å². The number of carboxylic acid groups (broad SMARTS) is 1. The molecule has 6 heteroatoms. The highest BCUT2D eigenvalue weighted by Crippen LogP contribution is 2.28. The van der Waals surface area contributed by atoms with Crippen molar-refractivity contribution in [2.24, 2.45) is 13.0 Å². The van der Waals surface area contributed by atoms with Crippen LogP contribution in [-0.2, 0) is 29.6 Å². The molecule has 5 nitrogen and oxygen atoms in total. The molecule has 2 rings (SSSR count). The molecule has 1 heterocycles. The molecule has 0 spiro atoms. The summed E-state index contributed by atoms with van der Waals surface area (Å²) in [5.41, 5.74) is 2.09. The minimum absolute atomic E-state index is 0.164. The molecule has 1 saturated carbocycles. The molecule has 1 aromatic rings. The molecule has 20 heavy (non-hydrogen) atoms. The molecule has 1 fully saturated rings. The van der Waals surface area contributed by atoms with E-state index in [2.05, 4.69) is 28.0 Å². The lowest BCUT2D eigenvalue weighted by Crippen LogP contribution is -2.26. The molecule has 1 aliphatic carbocycles. The first-order valence-electron chi connectivity index (χ1n) is 7.07. The second kappa shape index (κ2) is 6.72. The first-order chi connectivity index (χ1) is 9.52. The number of aliphatic carboxylic acids is 1. The van der Waals surface area contributed by atoms with Gasteiger partial charge in [0.2, 0.25) is 0 Å². The molecule has 112 valence electrons. The van der Waals surface area contributed by atoms with Gasteiger partial charge in [0.15, 0.2) is 0 Å². The van der Waals surface area contributed by atoms with E-state index in [4.69, 9.17) is 9.84 Å². The van der Waals surface area contributed by atoms with Gasteiger partial charge in [-0.1, -0.05) is 6.92 Å². The van der Waals surface area contributed by atoms with Crippen molar-refractivity contribution in [3.8, 4) is 0 Å². The van der Waals surface area contributed by atoms with Gasteiger partial charge < -0.3 is 9.84 Å². The lowest BCUT2D eigenvalue weighted by molar-refractivity contribution is -0.143.